The van der Waals surface area contributed by atoms with E-state index in [1.807, 2.05) is 40.9 Å². The van der Waals surface area contributed by atoms with Crippen molar-refractivity contribution in [1.29, 1.82) is 0 Å². The molecule has 4 rings (SSSR count). The van der Waals surface area contributed by atoms with Gasteiger partial charge < -0.3 is 10.6 Å². The first-order valence-electron chi connectivity index (χ1n) is 7.42. The van der Waals surface area contributed by atoms with E-state index in [2.05, 4.69) is 20.7 Å². The largest absolute Gasteiger partial charge is 0.367 e. The van der Waals surface area contributed by atoms with Crippen molar-refractivity contribution in [3.8, 4) is 0 Å². The maximum absolute atomic E-state index is 6.03. The Morgan fingerprint density at radius 1 is 1.18 bits per heavy atom. The van der Waals surface area contributed by atoms with Crippen LogP contribution in [0, 0.1) is 0 Å². The fourth-order valence-electron chi connectivity index (χ4n) is 2.56. The molecule has 1 aliphatic carbocycles. The third-order valence-corrected chi connectivity index (χ3v) is 4.15. The van der Waals surface area contributed by atoms with Gasteiger partial charge >= 0.3 is 0 Å². The van der Waals surface area contributed by atoms with Crippen molar-refractivity contribution in [2.24, 2.45) is 0 Å². The van der Waals surface area contributed by atoms with Gasteiger partial charge in [0.15, 0.2) is 5.65 Å². The Bertz CT molecular complexity index is 809. The number of halogens is 1. The maximum Gasteiger partial charge on any atom is 0.159 e. The molecule has 3 aromatic rings. The molecule has 0 unspecified atom stereocenters. The number of anilines is 3. The number of hydrogen-bond acceptors (Lipinski definition) is 4. The summed E-state index contributed by atoms with van der Waals surface area (Å²) in [4.78, 5) is 4.58. The summed E-state index contributed by atoms with van der Waals surface area (Å²) in [5.41, 5.74) is 1.73. The Morgan fingerprint density at radius 2 is 2.09 bits per heavy atom. The molecule has 2 N–H and O–H groups in total. The van der Waals surface area contributed by atoms with Crippen molar-refractivity contribution in [2.45, 2.75) is 25.3 Å². The van der Waals surface area contributed by atoms with Crippen LogP contribution < -0.4 is 10.6 Å². The molecule has 0 radical (unpaired) electrons. The second-order valence-electron chi connectivity index (χ2n) is 5.54. The van der Waals surface area contributed by atoms with E-state index in [1.165, 1.54) is 19.3 Å². The van der Waals surface area contributed by atoms with Crippen LogP contribution in [0.1, 0.15) is 19.3 Å². The monoisotopic (exact) mass is 313 g/mol. The van der Waals surface area contributed by atoms with E-state index in [-0.39, 0.29) is 0 Å². The zero-order chi connectivity index (χ0) is 14.9. The molecule has 5 nitrogen and oxygen atoms in total. The first kappa shape index (κ1) is 13.4. The number of hydrogen-bond donors (Lipinski definition) is 2. The fourth-order valence-corrected chi connectivity index (χ4v) is 2.75. The SMILES string of the molecule is Clc1cccc(Nc2cc(NC3CCC3)n3nccc3n2)c1. The molecule has 1 fully saturated rings. The molecule has 112 valence electrons. The van der Waals surface area contributed by atoms with Crippen LogP contribution >= 0.6 is 11.6 Å². The van der Waals surface area contributed by atoms with Crippen LogP contribution in [0.25, 0.3) is 5.65 Å². The predicted octanol–water partition coefficient (Wildman–Crippen LogP) is 4.09. The highest BCUT2D eigenvalue weighted by Crippen LogP contribution is 2.26. The van der Waals surface area contributed by atoms with Gasteiger partial charge in [-0.1, -0.05) is 17.7 Å². The van der Waals surface area contributed by atoms with Crippen molar-refractivity contribution in [1.82, 2.24) is 14.6 Å². The van der Waals surface area contributed by atoms with Crippen LogP contribution in [0.4, 0.5) is 17.3 Å². The van der Waals surface area contributed by atoms with Gasteiger partial charge in [0.1, 0.15) is 11.6 Å². The summed E-state index contributed by atoms with van der Waals surface area (Å²) < 4.78 is 1.83. The predicted molar refractivity (Wildman–Crippen MR) is 89.0 cm³/mol. The molecule has 2 aromatic heterocycles. The number of benzene rings is 1. The van der Waals surface area contributed by atoms with Crippen molar-refractivity contribution in [3.05, 3.63) is 47.6 Å². The first-order chi connectivity index (χ1) is 10.8. The Labute approximate surface area is 133 Å². The van der Waals surface area contributed by atoms with Crippen LogP contribution in [0.15, 0.2) is 42.6 Å². The summed E-state index contributed by atoms with van der Waals surface area (Å²) in [5.74, 6) is 1.74. The quantitative estimate of drug-likeness (QED) is 0.761. The molecule has 0 spiro atoms. The van der Waals surface area contributed by atoms with Gasteiger partial charge in [0.05, 0.1) is 6.20 Å². The highest BCUT2D eigenvalue weighted by Gasteiger charge is 2.18. The van der Waals surface area contributed by atoms with E-state index in [0.717, 1.165) is 23.0 Å². The third-order valence-electron chi connectivity index (χ3n) is 3.91. The Balaban J connectivity index is 1.68. The summed E-state index contributed by atoms with van der Waals surface area (Å²) in [7, 11) is 0. The van der Waals surface area contributed by atoms with Gasteiger partial charge in [0.25, 0.3) is 0 Å². The Morgan fingerprint density at radius 3 is 2.86 bits per heavy atom. The van der Waals surface area contributed by atoms with E-state index < -0.39 is 0 Å². The molecule has 0 atom stereocenters. The van der Waals surface area contributed by atoms with E-state index in [4.69, 9.17) is 11.6 Å². The number of nitrogens with one attached hydrogen (secondary N) is 2. The number of rotatable bonds is 4. The van der Waals surface area contributed by atoms with Crippen LogP contribution in [0.3, 0.4) is 0 Å². The summed E-state index contributed by atoms with van der Waals surface area (Å²) in [6.45, 7) is 0. The first-order valence-corrected chi connectivity index (χ1v) is 7.80. The van der Waals surface area contributed by atoms with Gasteiger partial charge in [0, 0.05) is 28.9 Å². The number of aromatic nitrogens is 3. The summed E-state index contributed by atoms with van der Waals surface area (Å²) >= 11 is 6.03. The molecule has 0 bridgehead atoms. The molecule has 1 aromatic carbocycles. The van der Waals surface area contributed by atoms with E-state index >= 15 is 0 Å². The smallest absolute Gasteiger partial charge is 0.159 e. The van der Waals surface area contributed by atoms with Gasteiger partial charge in [-0.3, -0.25) is 0 Å². The number of nitrogens with zero attached hydrogens (tertiary/aromatic N) is 3. The number of fused-ring (bicyclic) bond motifs is 1. The lowest BCUT2D eigenvalue weighted by Gasteiger charge is -2.27. The zero-order valence-electron chi connectivity index (χ0n) is 12.0. The molecule has 22 heavy (non-hydrogen) atoms. The third kappa shape index (κ3) is 2.60. The maximum atomic E-state index is 6.03. The van der Waals surface area contributed by atoms with E-state index in [0.29, 0.717) is 11.1 Å². The minimum atomic E-state index is 0.536. The second kappa shape index (κ2) is 5.50. The lowest BCUT2D eigenvalue weighted by atomic mass is 9.93. The second-order valence-corrected chi connectivity index (χ2v) is 5.97. The molecule has 6 heteroatoms. The molecular weight excluding hydrogens is 298 g/mol. The average Bonchev–Trinajstić information content (AvgIpc) is 2.91. The van der Waals surface area contributed by atoms with Gasteiger partial charge in [-0.25, -0.2) is 4.98 Å². The van der Waals surface area contributed by atoms with Crippen molar-refractivity contribution in [2.75, 3.05) is 10.6 Å². The van der Waals surface area contributed by atoms with Gasteiger partial charge in [-0.05, 0) is 37.5 Å². The fraction of sp³-hybridized carbons (Fsp3) is 0.250. The minimum absolute atomic E-state index is 0.536. The van der Waals surface area contributed by atoms with Crippen molar-refractivity contribution in [3.63, 3.8) is 0 Å². The Hall–Kier alpha value is -2.27. The van der Waals surface area contributed by atoms with Crippen LogP contribution in [-0.4, -0.2) is 20.6 Å². The van der Waals surface area contributed by atoms with Crippen molar-refractivity contribution >= 4 is 34.6 Å². The van der Waals surface area contributed by atoms with E-state index in [9.17, 15) is 0 Å². The highest BCUT2D eigenvalue weighted by atomic mass is 35.5. The van der Waals surface area contributed by atoms with Gasteiger partial charge in [0.2, 0.25) is 0 Å². The summed E-state index contributed by atoms with van der Waals surface area (Å²) in [5, 5.41) is 11.9. The lowest BCUT2D eigenvalue weighted by molar-refractivity contribution is 0.443. The van der Waals surface area contributed by atoms with Gasteiger partial charge in [-0.2, -0.15) is 9.61 Å². The molecule has 2 heterocycles. The summed E-state index contributed by atoms with van der Waals surface area (Å²) in [6.07, 6.45) is 5.47. The van der Waals surface area contributed by atoms with Crippen LogP contribution in [-0.2, 0) is 0 Å². The normalized spacial score (nSPS) is 14.8. The molecule has 1 saturated carbocycles. The standard InChI is InChI=1S/C16H16ClN5/c17-11-3-1-6-13(9-11)19-14-10-16(20-12-4-2-5-12)22-15(21-14)7-8-18-22/h1,3,6-10,12,20H,2,4-5H2,(H,19,21). The topological polar surface area (TPSA) is 54.2 Å². The zero-order valence-corrected chi connectivity index (χ0v) is 12.7. The van der Waals surface area contributed by atoms with Crippen molar-refractivity contribution < 1.29 is 0 Å². The summed E-state index contributed by atoms with van der Waals surface area (Å²) in [6, 6.07) is 12.0. The molecule has 0 aliphatic heterocycles. The molecule has 0 saturated heterocycles. The van der Waals surface area contributed by atoms with E-state index in [1.54, 1.807) is 6.20 Å². The average molecular weight is 314 g/mol. The van der Waals surface area contributed by atoms with Gasteiger partial charge in [-0.15, -0.1) is 0 Å². The molecule has 0 amide bonds. The van der Waals surface area contributed by atoms with Crippen LogP contribution in [0.2, 0.25) is 5.02 Å². The molecular formula is C16H16ClN5. The lowest BCUT2D eigenvalue weighted by Crippen LogP contribution is -2.28. The minimum Gasteiger partial charge on any atom is -0.367 e. The Kier molecular flexibility index (Phi) is 3.35. The molecule has 1 aliphatic rings. The highest BCUT2D eigenvalue weighted by molar-refractivity contribution is 6.30. The van der Waals surface area contributed by atoms with Crippen LogP contribution in [0.5, 0.6) is 0 Å².